The Kier molecular flexibility index (Phi) is 1.68. The highest BCUT2D eigenvalue weighted by Gasteiger charge is 2.01. The van der Waals surface area contributed by atoms with Gasteiger partial charge in [-0.05, 0) is 24.3 Å². The van der Waals surface area contributed by atoms with Crippen molar-refractivity contribution in [2.45, 2.75) is 0 Å². The summed E-state index contributed by atoms with van der Waals surface area (Å²) in [6, 6.07) is 7.63. The first kappa shape index (κ1) is 8.05. The number of aromatic nitrogens is 5. The lowest BCUT2D eigenvalue weighted by Gasteiger charge is -1.99. The zero-order valence-electron chi connectivity index (χ0n) is 7.78. The molecule has 3 rings (SSSR count). The first-order valence-electron chi connectivity index (χ1n) is 4.51. The molecule has 5 nitrogen and oxygen atoms in total. The molecule has 3 aromatic rings. The van der Waals surface area contributed by atoms with E-state index in [9.17, 15) is 0 Å². The van der Waals surface area contributed by atoms with Gasteiger partial charge in [0.05, 0.1) is 5.69 Å². The summed E-state index contributed by atoms with van der Waals surface area (Å²) in [6.07, 6.45) is 5.09. The zero-order valence-corrected chi connectivity index (χ0v) is 7.78. The molecule has 0 fully saturated rings. The molecule has 0 aromatic carbocycles. The number of hydrogen-bond donors (Lipinski definition) is 0. The second-order valence-corrected chi connectivity index (χ2v) is 3.09. The van der Waals surface area contributed by atoms with Gasteiger partial charge in [0.2, 0.25) is 0 Å². The fraction of sp³-hybridized carbons (Fsp3) is 0. The second-order valence-electron chi connectivity index (χ2n) is 3.09. The summed E-state index contributed by atoms with van der Waals surface area (Å²) in [6.45, 7) is 0. The molecule has 0 saturated carbocycles. The van der Waals surface area contributed by atoms with Crippen LogP contribution >= 0.6 is 0 Å². The minimum absolute atomic E-state index is 0.739. The minimum Gasteiger partial charge on any atom is -0.264 e. The Morgan fingerprint density at radius 3 is 3.00 bits per heavy atom. The van der Waals surface area contributed by atoms with Crippen LogP contribution < -0.4 is 0 Å². The van der Waals surface area contributed by atoms with E-state index in [1.54, 1.807) is 23.2 Å². The highest BCUT2D eigenvalue weighted by molar-refractivity contribution is 5.58. The van der Waals surface area contributed by atoms with Gasteiger partial charge in [-0.25, -0.2) is 0 Å². The number of rotatable bonds is 1. The molecule has 0 aliphatic carbocycles. The largest absolute Gasteiger partial charge is 0.264 e. The van der Waals surface area contributed by atoms with Gasteiger partial charge in [-0.3, -0.25) is 4.98 Å². The molecule has 0 atom stereocenters. The molecule has 15 heavy (non-hydrogen) atoms. The average Bonchev–Trinajstić information content (AvgIpc) is 2.77. The van der Waals surface area contributed by atoms with E-state index in [4.69, 9.17) is 0 Å². The molecule has 3 heterocycles. The molecule has 0 aliphatic rings. The second kappa shape index (κ2) is 3.13. The Labute approximate surface area is 85.4 Å². The van der Waals surface area contributed by atoms with E-state index in [2.05, 4.69) is 20.3 Å². The predicted molar refractivity (Wildman–Crippen MR) is 54.0 cm³/mol. The van der Waals surface area contributed by atoms with Gasteiger partial charge in [-0.1, -0.05) is 0 Å². The van der Waals surface area contributed by atoms with Gasteiger partial charge in [-0.2, -0.15) is 9.61 Å². The van der Waals surface area contributed by atoms with Gasteiger partial charge in [-0.15, -0.1) is 10.2 Å². The van der Waals surface area contributed by atoms with Crippen LogP contribution in [0.4, 0.5) is 0 Å². The highest BCUT2D eigenvalue weighted by Crippen LogP contribution is 2.14. The lowest BCUT2D eigenvalue weighted by Crippen LogP contribution is -1.93. The van der Waals surface area contributed by atoms with Crippen molar-refractivity contribution in [3.63, 3.8) is 0 Å². The Morgan fingerprint density at radius 1 is 1.13 bits per heavy atom. The van der Waals surface area contributed by atoms with Gasteiger partial charge in [0.25, 0.3) is 0 Å². The summed E-state index contributed by atoms with van der Waals surface area (Å²) in [4.78, 5) is 4.05. The SMILES string of the molecule is c1cncc(-c2ccc3nncn3n2)c1. The topological polar surface area (TPSA) is 56.0 Å². The van der Waals surface area contributed by atoms with Crippen LogP contribution in [0.2, 0.25) is 0 Å². The molecule has 0 unspecified atom stereocenters. The third-order valence-corrected chi connectivity index (χ3v) is 2.12. The number of nitrogens with zero attached hydrogens (tertiary/aromatic N) is 5. The maximum Gasteiger partial charge on any atom is 0.177 e. The Bertz CT molecular complexity index is 587. The predicted octanol–water partition coefficient (Wildman–Crippen LogP) is 1.19. The molecule has 0 radical (unpaired) electrons. The quantitative estimate of drug-likeness (QED) is 0.588. The van der Waals surface area contributed by atoms with Crippen molar-refractivity contribution in [1.29, 1.82) is 0 Å². The highest BCUT2D eigenvalue weighted by atomic mass is 15.3. The van der Waals surface area contributed by atoms with E-state index in [1.165, 1.54) is 0 Å². The van der Waals surface area contributed by atoms with E-state index in [0.29, 0.717) is 0 Å². The molecule has 0 aliphatic heterocycles. The summed E-state index contributed by atoms with van der Waals surface area (Å²) < 4.78 is 1.64. The minimum atomic E-state index is 0.739. The van der Waals surface area contributed by atoms with Crippen molar-refractivity contribution in [3.05, 3.63) is 43.0 Å². The van der Waals surface area contributed by atoms with Crippen molar-refractivity contribution >= 4 is 5.65 Å². The van der Waals surface area contributed by atoms with Gasteiger partial charge in [0.1, 0.15) is 6.33 Å². The molecule has 72 valence electrons. The summed E-state index contributed by atoms with van der Waals surface area (Å²) in [5.41, 5.74) is 2.58. The standard InChI is InChI=1S/C10H7N5/c1-2-8(6-11-5-1)9-3-4-10-13-12-7-15(10)14-9/h1-7H. The number of fused-ring (bicyclic) bond motifs is 1. The molecular weight excluding hydrogens is 190 g/mol. The molecule has 0 bridgehead atoms. The fourth-order valence-electron chi connectivity index (χ4n) is 1.40. The van der Waals surface area contributed by atoms with E-state index in [-0.39, 0.29) is 0 Å². The van der Waals surface area contributed by atoms with E-state index in [0.717, 1.165) is 16.9 Å². The Balaban J connectivity index is 2.19. The van der Waals surface area contributed by atoms with Crippen LogP contribution in [0.3, 0.4) is 0 Å². The van der Waals surface area contributed by atoms with Crippen LogP contribution in [0.5, 0.6) is 0 Å². The summed E-state index contributed by atoms with van der Waals surface area (Å²) >= 11 is 0. The Hall–Kier alpha value is -2.30. The molecule has 5 heteroatoms. The normalized spacial score (nSPS) is 10.7. The summed E-state index contributed by atoms with van der Waals surface area (Å²) in [5.74, 6) is 0. The van der Waals surface area contributed by atoms with Crippen molar-refractivity contribution in [2.75, 3.05) is 0 Å². The molecule has 3 aromatic heterocycles. The summed E-state index contributed by atoms with van der Waals surface area (Å²) in [5, 5.41) is 12.0. The Morgan fingerprint density at radius 2 is 2.13 bits per heavy atom. The molecule has 0 spiro atoms. The van der Waals surface area contributed by atoms with Crippen LogP contribution in [0, 0.1) is 0 Å². The number of hydrogen-bond acceptors (Lipinski definition) is 4. The maximum absolute atomic E-state index is 4.36. The van der Waals surface area contributed by atoms with Crippen LogP contribution in [0.15, 0.2) is 43.0 Å². The van der Waals surface area contributed by atoms with Crippen molar-refractivity contribution < 1.29 is 0 Å². The van der Waals surface area contributed by atoms with Gasteiger partial charge >= 0.3 is 0 Å². The average molecular weight is 197 g/mol. The number of pyridine rings is 1. The van der Waals surface area contributed by atoms with Crippen molar-refractivity contribution in [1.82, 2.24) is 24.8 Å². The van der Waals surface area contributed by atoms with Crippen molar-refractivity contribution in [3.8, 4) is 11.3 Å². The van der Waals surface area contributed by atoms with E-state index < -0.39 is 0 Å². The van der Waals surface area contributed by atoms with Crippen LogP contribution in [-0.2, 0) is 0 Å². The van der Waals surface area contributed by atoms with Crippen LogP contribution in [-0.4, -0.2) is 24.8 Å². The summed E-state index contributed by atoms with van der Waals surface area (Å²) in [7, 11) is 0. The van der Waals surface area contributed by atoms with Crippen molar-refractivity contribution in [2.24, 2.45) is 0 Å². The lowest BCUT2D eigenvalue weighted by atomic mass is 10.2. The first-order chi connectivity index (χ1) is 7.43. The molecule has 0 amide bonds. The van der Waals surface area contributed by atoms with Crippen LogP contribution in [0.25, 0.3) is 16.9 Å². The lowest BCUT2D eigenvalue weighted by molar-refractivity contribution is 0.931. The van der Waals surface area contributed by atoms with Gasteiger partial charge in [0, 0.05) is 18.0 Å². The zero-order chi connectivity index (χ0) is 10.1. The molecule has 0 N–H and O–H groups in total. The third-order valence-electron chi connectivity index (χ3n) is 2.12. The maximum atomic E-state index is 4.36. The molecule has 0 saturated heterocycles. The third kappa shape index (κ3) is 1.34. The monoisotopic (exact) mass is 197 g/mol. The van der Waals surface area contributed by atoms with E-state index in [1.807, 2.05) is 24.3 Å². The fourth-order valence-corrected chi connectivity index (χ4v) is 1.40. The smallest absolute Gasteiger partial charge is 0.177 e. The van der Waals surface area contributed by atoms with Crippen LogP contribution in [0.1, 0.15) is 0 Å². The van der Waals surface area contributed by atoms with Gasteiger partial charge in [0.15, 0.2) is 5.65 Å². The van der Waals surface area contributed by atoms with Gasteiger partial charge < -0.3 is 0 Å². The first-order valence-corrected chi connectivity index (χ1v) is 4.51. The molecular formula is C10H7N5. The van der Waals surface area contributed by atoms with E-state index >= 15 is 0 Å².